The number of phosphoric acid groups is 1. The number of carbonyl (C=O) groups excluding carboxylic acids is 2. The van der Waals surface area contributed by atoms with Gasteiger partial charge < -0.3 is 18.9 Å². The summed E-state index contributed by atoms with van der Waals surface area (Å²) in [7, 11) is 1.40. The van der Waals surface area contributed by atoms with Crippen LogP contribution < -0.4 is 0 Å². The number of allylic oxidation sites excluding steroid dienone is 18. The van der Waals surface area contributed by atoms with Crippen LogP contribution in [-0.4, -0.2) is 74.9 Å². The number of unbranched alkanes of at least 4 members (excludes halogenated alkanes) is 6. The molecule has 2 atom stereocenters. The van der Waals surface area contributed by atoms with Gasteiger partial charge in [0.2, 0.25) is 0 Å². The van der Waals surface area contributed by atoms with Crippen LogP contribution in [0.2, 0.25) is 0 Å². The molecule has 0 aliphatic rings. The Morgan fingerprint density at radius 3 is 1.61 bits per heavy atom. The number of quaternary nitrogens is 1. The molecule has 0 aliphatic heterocycles. The molecule has 0 spiro atoms. The molecule has 2 unspecified atom stereocenters. The Morgan fingerprint density at radius 2 is 1.05 bits per heavy atom. The van der Waals surface area contributed by atoms with Gasteiger partial charge in [0.25, 0.3) is 0 Å². The molecule has 10 heteroatoms. The normalized spacial score (nSPS) is 14.8. The van der Waals surface area contributed by atoms with E-state index in [2.05, 4.69) is 86.8 Å². The molecule has 0 rings (SSSR count). The Labute approximate surface area is 340 Å². The summed E-state index contributed by atoms with van der Waals surface area (Å²) in [4.78, 5) is 35.3. The van der Waals surface area contributed by atoms with Crippen LogP contribution in [0.1, 0.15) is 117 Å². The Morgan fingerprint density at radius 1 is 0.571 bits per heavy atom. The fourth-order valence-corrected chi connectivity index (χ4v) is 5.44. The summed E-state index contributed by atoms with van der Waals surface area (Å²) in [5.74, 6) is -0.898. The number of rotatable bonds is 35. The van der Waals surface area contributed by atoms with Crippen molar-refractivity contribution in [2.45, 2.75) is 123 Å². The van der Waals surface area contributed by atoms with E-state index < -0.39 is 32.5 Å². The number of likely N-dealkylation sites (N-methyl/N-ethyl adjacent to an activating group) is 1. The van der Waals surface area contributed by atoms with E-state index in [-0.39, 0.29) is 26.1 Å². The van der Waals surface area contributed by atoms with Crippen LogP contribution in [0.4, 0.5) is 0 Å². The standard InChI is InChI=1S/C46H74NO8P/c1-6-8-10-12-14-16-18-20-21-22-23-24-25-27-28-30-32-34-36-38-45(48)52-42-44(43-54-56(50,51)53-41-40-47(3,4)5)55-46(49)39-37-35-33-31-29-26-19-17-15-13-11-9-7-2/h8-11,13-17,19-21,23-24,26-29,44H,6-7,12,18,22,25,30-43H2,1-5H3/p+1/b10-8+,11-9+,15-13+,16-14+,19-17+,21-20+,24-23+,28-27+,29-26+. The molecule has 0 saturated heterocycles. The molecular formula is C46H75NO8P+. The first kappa shape index (κ1) is 52.7. The van der Waals surface area contributed by atoms with Crippen molar-refractivity contribution in [1.82, 2.24) is 0 Å². The predicted octanol–water partition coefficient (Wildman–Crippen LogP) is 11.6. The van der Waals surface area contributed by atoms with Crippen LogP contribution in [0.3, 0.4) is 0 Å². The molecule has 0 amide bonds. The fraction of sp³-hybridized carbons (Fsp3) is 0.565. The second kappa shape index (κ2) is 37.3. The number of ether oxygens (including phenoxy) is 2. The fourth-order valence-electron chi connectivity index (χ4n) is 4.69. The zero-order valence-electron chi connectivity index (χ0n) is 35.3. The van der Waals surface area contributed by atoms with Crippen LogP contribution >= 0.6 is 7.82 Å². The highest BCUT2D eigenvalue weighted by Gasteiger charge is 2.27. The maximum absolute atomic E-state index is 12.6. The van der Waals surface area contributed by atoms with E-state index in [4.69, 9.17) is 18.5 Å². The van der Waals surface area contributed by atoms with Gasteiger partial charge in [0, 0.05) is 12.8 Å². The largest absolute Gasteiger partial charge is 0.472 e. The Balaban J connectivity index is 4.52. The molecule has 0 aromatic heterocycles. The molecule has 56 heavy (non-hydrogen) atoms. The molecule has 0 bridgehead atoms. The summed E-state index contributed by atoms with van der Waals surface area (Å²) in [5, 5.41) is 0. The van der Waals surface area contributed by atoms with Gasteiger partial charge in [-0.2, -0.15) is 0 Å². The monoisotopic (exact) mass is 801 g/mol. The van der Waals surface area contributed by atoms with E-state index in [1.54, 1.807) is 0 Å². The summed E-state index contributed by atoms with van der Waals surface area (Å²) in [5.41, 5.74) is 0. The lowest BCUT2D eigenvalue weighted by molar-refractivity contribution is -0.870. The minimum absolute atomic E-state index is 0.0109. The quantitative estimate of drug-likeness (QED) is 0.0169. The third-order valence-electron chi connectivity index (χ3n) is 7.89. The minimum Gasteiger partial charge on any atom is -0.462 e. The van der Waals surface area contributed by atoms with Gasteiger partial charge in [-0.15, -0.1) is 0 Å². The van der Waals surface area contributed by atoms with Gasteiger partial charge >= 0.3 is 19.8 Å². The Bertz CT molecular complexity index is 1320. The number of hydrogen-bond donors (Lipinski definition) is 1. The molecule has 0 radical (unpaired) electrons. The Hall–Kier alpha value is -3.33. The number of nitrogens with zero attached hydrogens (tertiary/aromatic N) is 1. The number of carbonyl (C=O) groups is 2. The second-order valence-electron chi connectivity index (χ2n) is 14.3. The highest BCUT2D eigenvalue weighted by atomic mass is 31.2. The van der Waals surface area contributed by atoms with E-state index in [1.165, 1.54) is 0 Å². The molecule has 1 N–H and O–H groups in total. The predicted molar refractivity (Wildman–Crippen MR) is 233 cm³/mol. The topological polar surface area (TPSA) is 108 Å². The zero-order chi connectivity index (χ0) is 41.4. The summed E-state index contributed by atoms with van der Waals surface area (Å²) in [6.07, 6.45) is 50.0. The van der Waals surface area contributed by atoms with E-state index in [0.717, 1.165) is 77.0 Å². The van der Waals surface area contributed by atoms with Gasteiger partial charge in [0.1, 0.15) is 19.8 Å². The first-order chi connectivity index (χ1) is 27.0. The highest BCUT2D eigenvalue weighted by molar-refractivity contribution is 7.47. The molecule has 0 aromatic rings. The van der Waals surface area contributed by atoms with Crippen molar-refractivity contribution >= 4 is 19.8 Å². The maximum atomic E-state index is 12.6. The van der Waals surface area contributed by atoms with Crippen LogP contribution in [0.5, 0.6) is 0 Å². The maximum Gasteiger partial charge on any atom is 0.472 e. The van der Waals surface area contributed by atoms with Crippen molar-refractivity contribution in [1.29, 1.82) is 0 Å². The van der Waals surface area contributed by atoms with Crippen molar-refractivity contribution in [3.8, 4) is 0 Å². The lowest BCUT2D eigenvalue weighted by Gasteiger charge is -2.24. The lowest BCUT2D eigenvalue weighted by Crippen LogP contribution is -2.37. The van der Waals surface area contributed by atoms with Crippen LogP contribution in [-0.2, 0) is 32.7 Å². The summed E-state index contributed by atoms with van der Waals surface area (Å²) < 4.78 is 34.1. The van der Waals surface area contributed by atoms with Gasteiger partial charge in [-0.1, -0.05) is 136 Å². The summed E-state index contributed by atoms with van der Waals surface area (Å²) in [6.45, 7) is 4.03. The SMILES string of the molecule is CC/C=C/C=C/C=C/C=C/CCCCCC(=O)OC(COC(=O)CCCCC/C=C/C/C=C/C/C=C/C/C=C/C/C=C/CC)COP(=O)(O)OCC[N+](C)(C)C. The number of hydrogen-bond acceptors (Lipinski definition) is 7. The zero-order valence-corrected chi connectivity index (χ0v) is 36.2. The smallest absolute Gasteiger partial charge is 0.462 e. The second-order valence-corrected chi connectivity index (χ2v) is 15.8. The first-order valence-electron chi connectivity index (χ1n) is 20.7. The number of phosphoric ester groups is 1. The molecule has 316 valence electrons. The molecule has 0 aliphatic carbocycles. The van der Waals surface area contributed by atoms with E-state index in [9.17, 15) is 19.0 Å². The van der Waals surface area contributed by atoms with Crippen molar-refractivity contribution in [3.05, 3.63) is 109 Å². The first-order valence-corrected chi connectivity index (χ1v) is 22.2. The van der Waals surface area contributed by atoms with Gasteiger partial charge in [-0.25, -0.2) is 4.57 Å². The average molecular weight is 801 g/mol. The van der Waals surface area contributed by atoms with Crippen molar-refractivity contribution in [3.63, 3.8) is 0 Å². The third kappa shape index (κ3) is 40.3. The van der Waals surface area contributed by atoms with Gasteiger partial charge in [-0.3, -0.25) is 18.6 Å². The van der Waals surface area contributed by atoms with E-state index in [1.807, 2.05) is 57.6 Å². The van der Waals surface area contributed by atoms with E-state index >= 15 is 0 Å². The summed E-state index contributed by atoms with van der Waals surface area (Å²) >= 11 is 0. The Kier molecular flexibility index (Phi) is 35.0. The summed E-state index contributed by atoms with van der Waals surface area (Å²) in [6, 6.07) is 0. The minimum atomic E-state index is -4.40. The molecule has 0 aromatic carbocycles. The third-order valence-corrected chi connectivity index (χ3v) is 8.88. The molecular weight excluding hydrogens is 725 g/mol. The van der Waals surface area contributed by atoms with Gasteiger partial charge in [0.05, 0.1) is 27.7 Å². The molecule has 0 fully saturated rings. The van der Waals surface area contributed by atoms with Crippen LogP contribution in [0.15, 0.2) is 109 Å². The molecule has 9 nitrogen and oxygen atoms in total. The average Bonchev–Trinajstić information content (AvgIpc) is 3.15. The van der Waals surface area contributed by atoms with Crippen LogP contribution in [0, 0.1) is 0 Å². The molecule has 0 saturated carbocycles. The van der Waals surface area contributed by atoms with Crippen molar-refractivity contribution in [2.24, 2.45) is 0 Å². The van der Waals surface area contributed by atoms with Gasteiger partial charge in [0.15, 0.2) is 6.10 Å². The van der Waals surface area contributed by atoms with Crippen molar-refractivity contribution < 1.29 is 42.1 Å². The van der Waals surface area contributed by atoms with Crippen molar-refractivity contribution in [2.75, 3.05) is 47.5 Å². The van der Waals surface area contributed by atoms with E-state index in [0.29, 0.717) is 23.9 Å². The van der Waals surface area contributed by atoms with Crippen LogP contribution in [0.25, 0.3) is 0 Å². The number of esters is 2. The lowest BCUT2D eigenvalue weighted by atomic mass is 10.1. The highest BCUT2D eigenvalue weighted by Crippen LogP contribution is 2.43. The molecule has 0 heterocycles. The van der Waals surface area contributed by atoms with Gasteiger partial charge in [-0.05, 0) is 77.0 Å².